The number of hydrogen-bond acceptors (Lipinski definition) is 3. The van der Waals surface area contributed by atoms with Gasteiger partial charge in [-0.1, -0.05) is 0 Å². The number of aryl methyl sites for hydroxylation is 3. The van der Waals surface area contributed by atoms with Crippen molar-refractivity contribution in [2.75, 3.05) is 0 Å². The van der Waals surface area contributed by atoms with Crippen LogP contribution in [-0.2, 0) is 19.9 Å². The van der Waals surface area contributed by atoms with Crippen molar-refractivity contribution >= 4 is 17.1 Å². The molecule has 0 unspecified atom stereocenters. The smallest absolute Gasteiger partial charge is 0.206 e. The minimum absolute atomic E-state index is 0.104. The maximum Gasteiger partial charge on any atom is 0.206 e. The van der Waals surface area contributed by atoms with Crippen LogP contribution >= 0.6 is 11.3 Å². The fraction of sp³-hybridized carbons (Fsp3) is 0.333. The van der Waals surface area contributed by atoms with E-state index in [4.69, 9.17) is 0 Å². The fourth-order valence-electron chi connectivity index (χ4n) is 2.12. The lowest BCUT2D eigenvalue weighted by atomic mass is 10.1. The lowest BCUT2D eigenvalue weighted by molar-refractivity contribution is 0.104. The van der Waals surface area contributed by atoms with Crippen LogP contribution in [0.25, 0.3) is 0 Å². The van der Waals surface area contributed by atoms with E-state index in [0.717, 1.165) is 17.7 Å². The zero-order valence-electron chi connectivity index (χ0n) is 9.06. The maximum absolute atomic E-state index is 12.1. The van der Waals surface area contributed by atoms with Crippen molar-refractivity contribution in [3.05, 3.63) is 39.3 Å². The van der Waals surface area contributed by atoms with E-state index < -0.39 is 0 Å². The molecule has 1 aliphatic rings. The van der Waals surface area contributed by atoms with Crippen LogP contribution in [-0.4, -0.2) is 15.6 Å². The van der Waals surface area contributed by atoms with Crippen molar-refractivity contribution in [2.24, 2.45) is 7.05 Å². The molecule has 82 valence electrons. The van der Waals surface area contributed by atoms with Gasteiger partial charge in [0.1, 0.15) is 0 Å². The summed E-state index contributed by atoms with van der Waals surface area (Å²) in [5, 5.41) is 4.03. The van der Waals surface area contributed by atoms with E-state index in [0.29, 0.717) is 5.56 Å². The number of aromatic nitrogens is 2. The number of ketones is 1. The van der Waals surface area contributed by atoms with Gasteiger partial charge in [0.05, 0.1) is 16.6 Å². The summed E-state index contributed by atoms with van der Waals surface area (Å²) in [6, 6.07) is 2.06. The van der Waals surface area contributed by atoms with Crippen molar-refractivity contribution in [1.29, 1.82) is 0 Å². The first-order valence-electron chi connectivity index (χ1n) is 5.39. The maximum atomic E-state index is 12.1. The molecule has 3 nitrogen and oxygen atoms in total. The summed E-state index contributed by atoms with van der Waals surface area (Å²) < 4.78 is 1.66. The number of hydrogen-bond donors (Lipinski definition) is 0. The van der Waals surface area contributed by atoms with Crippen LogP contribution in [0.2, 0.25) is 0 Å². The molecular weight excluding hydrogens is 220 g/mol. The van der Waals surface area contributed by atoms with Crippen molar-refractivity contribution in [2.45, 2.75) is 19.3 Å². The molecule has 0 radical (unpaired) electrons. The second-order valence-electron chi connectivity index (χ2n) is 4.14. The highest BCUT2D eigenvalue weighted by Crippen LogP contribution is 2.31. The SMILES string of the molecule is Cn1cc(C(=O)c2cc3c(s2)CCC3)cn1. The first kappa shape index (κ1) is 9.78. The van der Waals surface area contributed by atoms with Crippen LogP contribution in [0.3, 0.4) is 0 Å². The largest absolute Gasteiger partial charge is 0.288 e. The van der Waals surface area contributed by atoms with Crippen LogP contribution in [0.5, 0.6) is 0 Å². The Morgan fingerprint density at radius 3 is 3.06 bits per heavy atom. The van der Waals surface area contributed by atoms with Gasteiger partial charge in [-0.2, -0.15) is 5.10 Å². The first-order valence-corrected chi connectivity index (χ1v) is 6.20. The lowest BCUT2D eigenvalue weighted by Crippen LogP contribution is -1.96. The Morgan fingerprint density at radius 1 is 1.50 bits per heavy atom. The van der Waals surface area contributed by atoms with Gasteiger partial charge in [0.25, 0.3) is 0 Å². The van der Waals surface area contributed by atoms with E-state index in [1.165, 1.54) is 16.9 Å². The highest BCUT2D eigenvalue weighted by molar-refractivity contribution is 7.14. The zero-order valence-corrected chi connectivity index (χ0v) is 9.88. The Kier molecular flexibility index (Phi) is 2.17. The molecule has 0 fully saturated rings. The van der Waals surface area contributed by atoms with Gasteiger partial charge in [0.15, 0.2) is 0 Å². The summed E-state index contributed by atoms with van der Waals surface area (Å²) in [5.41, 5.74) is 2.06. The second-order valence-corrected chi connectivity index (χ2v) is 5.28. The summed E-state index contributed by atoms with van der Waals surface area (Å²) in [4.78, 5) is 14.4. The van der Waals surface area contributed by atoms with Gasteiger partial charge < -0.3 is 0 Å². The molecule has 3 rings (SSSR count). The van der Waals surface area contributed by atoms with E-state index in [1.807, 2.05) is 7.05 Å². The van der Waals surface area contributed by atoms with Crippen LogP contribution in [0.4, 0.5) is 0 Å². The van der Waals surface area contributed by atoms with E-state index in [9.17, 15) is 4.79 Å². The van der Waals surface area contributed by atoms with Crippen LogP contribution < -0.4 is 0 Å². The summed E-state index contributed by atoms with van der Waals surface area (Å²) in [5.74, 6) is 0.104. The molecule has 0 saturated carbocycles. The summed E-state index contributed by atoms with van der Waals surface area (Å²) >= 11 is 1.65. The van der Waals surface area contributed by atoms with Gasteiger partial charge >= 0.3 is 0 Å². The molecule has 2 heterocycles. The normalized spacial score (nSPS) is 14.1. The topological polar surface area (TPSA) is 34.9 Å². The highest BCUT2D eigenvalue weighted by atomic mass is 32.1. The van der Waals surface area contributed by atoms with Gasteiger partial charge in [0, 0.05) is 18.1 Å². The summed E-state index contributed by atoms with van der Waals surface area (Å²) in [7, 11) is 1.82. The standard InChI is InChI=1S/C12H12N2OS/c1-14-7-9(6-13-14)12(15)11-5-8-3-2-4-10(8)16-11/h5-7H,2-4H2,1H3. The van der Waals surface area contributed by atoms with Gasteiger partial charge in [-0.15, -0.1) is 11.3 Å². The zero-order chi connectivity index (χ0) is 11.1. The van der Waals surface area contributed by atoms with E-state index in [1.54, 1.807) is 28.4 Å². The summed E-state index contributed by atoms with van der Waals surface area (Å²) in [6.07, 6.45) is 6.91. The van der Waals surface area contributed by atoms with Gasteiger partial charge in [-0.05, 0) is 30.9 Å². The number of carbonyl (C=O) groups excluding carboxylic acids is 1. The van der Waals surface area contributed by atoms with Crippen LogP contribution in [0, 0.1) is 0 Å². The molecule has 0 bridgehead atoms. The third-order valence-corrected chi connectivity index (χ3v) is 4.17. The molecule has 0 spiro atoms. The van der Waals surface area contributed by atoms with Gasteiger partial charge in [0.2, 0.25) is 5.78 Å². The number of thiophene rings is 1. The van der Waals surface area contributed by atoms with Gasteiger partial charge in [-0.3, -0.25) is 9.48 Å². The molecule has 0 amide bonds. The third kappa shape index (κ3) is 1.50. The number of nitrogens with zero attached hydrogens (tertiary/aromatic N) is 2. The van der Waals surface area contributed by atoms with E-state index >= 15 is 0 Å². The highest BCUT2D eigenvalue weighted by Gasteiger charge is 2.19. The summed E-state index contributed by atoms with van der Waals surface area (Å²) in [6.45, 7) is 0. The molecule has 0 saturated heterocycles. The molecule has 2 aromatic rings. The Balaban J connectivity index is 1.95. The van der Waals surface area contributed by atoms with Crippen molar-refractivity contribution < 1.29 is 4.79 Å². The van der Waals surface area contributed by atoms with Crippen LogP contribution in [0.1, 0.15) is 32.1 Å². The molecule has 16 heavy (non-hydrogen) atoms. The monoisotopic (exact) mass is 232 g/mol. The van der Waals surface area contributed by atoms with Crippen molar-refractivity contribution in [3.63, 3.8) is 0 Å². The molecule has 2 aromatic heterocycles. The number of fused-ring (bicyclic) bond motifs is 1. The molecule has 4 heteroatoms. The Morgan fingerprint density at radius 2 is 2.38 bits per heavy atom. The Labute approximate surface area is 97.7 Å². The third-order valence-electron chi connectivity index (χ3n) is 2.94. The predicted octanol–water partition coefficient (Wildman–Crippen LogP) is 2.20. The second kappa shape index (κ2) is 3.56. The van der Waals surface area contributed by atoms with E-state index in [-0.39, 0.29) is 5.78 Å². The Hall–Kier alpha value is -1.42. The Bertz CT molecular complexity index is 532. The molecule has 0 N–H and O–H groups in total. The minimum Gasteiger partial charge on any atom is -0.288 e. The average molecular weight is 232 g/mol. The van der Waals surface area contributed by atoms with E-state index in [2.05, 4.69) is 11.2 Å². The van der Waals surface area contributed by atoms with Crippen LogP contribution in [0.15, 0.2) is 18.5 Å². The number of carbonyl (C=O) groups is 1. The minimum atomic E-state index is 0.104. The molecular formula is C12H12N2OS. The first-order chi connectivity index (χ1) is 7.74. The van der Waals surface area contributed by atoms with Crippen molar-refractivity contribution in [1.82, 2.24) is 9.78 Å². The molecule has 1 aliphatic carbocycles. The number of rotatable bonds is 2. The molecule has 0 atom stereocenters. The average Bonchev–Trinajstić information content (AvgIpc) is 2.89. The van der Waals surface area contributed by atoms with Gasteiger partial charge in [-0.25, -0.2) is 0 Å². The quantitative estimate of drug-likeness (QED) is 0.744. The predicted molar refractivity (Wildman–Crippen MR) is 63.0 cm³/mol. The molecule has 0 aliphatic heterocycles. The van der Waals surface area contributed by atoms with Crippen molar-refractivity contribution in [3.8, 4) is 0 Å². The lowest BCUT2D eigenvalue weighted by Gasteiger charge is -1.92. The molecule has 0 aromatic carbocycles. The fourth-order valence-corrected chi connectivity index (χ4v) is 3.34.